The van der Waals surface area contributed by atoms with E-state index >= 15 is 0 Å². The number of aryl methyl sites for hydroxylation is 1. The van der Waals surface area contributed by atoms with E-state index in [2.05, 4.69) is 39.1 Å². The molecule has 1 aromatic carbocycles. The van der Waals surface area contributed by atoms with Crippen molar-refractivity contribution in [2.45, 2.75) is 6.92 Å². The van der Waals surface area contributed by atoms with Crippen molar-refractivity contribution in [1.82, 2.24) is 15.1 Å². The van der Waals surface area contributed by atoms with E-state index in [0.717, 1.165) is 75.7 Å². The van der Waals surface area contributed by atoms with Crippen LogP contribution < -0.4 is 10.2 Å². The Labute approximate surface area is 160 Å². The zero-order chi connectivity index (χ0) is 17.6. The zero-order valence-corrected chi connectivity index (χ0v) is 16.4. The van der Waals surface area contributed by atoms with Gasteiger partial charge in [-0.15, -0.1) is 0 Å². The fourth-order valence-electron chi connectivity index (χ4n) is 3.33. The van der Waals surface area contributed by atoms with Crippen molar-refractivity contribution in [2.24, 2.45) is 0 Å². The highest BCUT2D eigenvalue weighted by Crippen LogP contribution is 2.25. The predicted molar refractivity (Wildman–Crippen MR) is 108 cm³/mol. The fourth-order valence-corrected chi connectivity index (χ4v) is 3.78. The standard InChI is InChI=1S/C18H27ClN4OS/c1-15-2-3-16(19)14-17(15)22-6-8-23(9-7-22)18(25)20-4-5-21-10-12-24-13-11-21/h2-3,14H,4-13H2,1H3,(H,20,25). The molecule has 2 heterocycles. The molecule has 2 saturated heterocycles. The van der Waals surface area contributed by atoms with Gasteiger partial charge in [-0.25, -0.2) is 0 Å². The zero-order valence-electron chi connectivity index (χ0n) is 14.8. The summed E-state index contributed by atoms with van der Waals surface area (Å²) in [5.41, 5.74) is 2.50. The van der Waals surface area contributed by atoms with Gasteiger partial charge in [0.1, 0.15) is 0 Å². The maximum Gasteiger partial charge on any atom is 0.169 e. The highest BCUT2D eigenvalue weighted by molar-refractivity contribution is 7.80. The smallest absolute Gasteiger partial charge is 0.169 e. The van der Waals surface area contributed by atoms with Crippen molar-refractivity contribution in [2.75, 3.05) is 70.5 Å². The monoisotopic (exact) mass is 382 g/mol. The third-order valence-corrected chi connectivity index (χ3v) is 5.52. The van der Waals surface area contributed by atoms with E-state index in [0.29, 0.717) is 0 Å². The molecule has 0 bridgehead atoms. The molecule has 7 heteroatoms. The molecule has 0 spiro atoms. The quantitative estimate of drug-likeness (QED) is 0.801. The Kier molecular flexibility index (Phi) is 6.76. The number of rotatable bonds is 4. The van der Waals surface area contributed by atoms with Crippen LogP contribution in [-0.4, -0.2) is 80.5 Å². The molecular weight excluding hydrogens is 356 g/mol. The lowest BCUT2D eigenvalue weighted by atomic mass is 10.1. The summed E-state index contributed by atoms with van der Waals surface area (Å²) in [4.78, 5) is 7.08. The number of anilines is 1. The Bertz CT molecular complexity index is 586. The molecule has 0 aliphatic carbocycles. The topological polar surface area (TPSA) is 31.0 Å². The van der Waals surface area contributed by atoms with Crippen LogP contribution >= 0.6 is 23.8 Å². The first-order chi connectivity index (χ1) is 12.1. The number of hydrogen-bond acceptors (Lipinski definition) is 4. The molecule has 0 atom stereocenters. The molecule has 5 nitrogen and oxygen atoms in total. The molecule has 0 unspecified atom stereocenters. The lowest BCUT2D eigenvalue weighted by Crippen LogP contribution is -2.52. The number of piperazine rings is 1. The maximum atomic E-state index is 6.16. The second-order valence-electron chi connectivity index (χ2n) is 6.59. The first kappa shape index (κ1) is 18.7. The Hall–Kier alpha value is -1.08. The van der Waals surface area contributed by atoms with Gasteiger partial charge in [0.05, 0.1) is 13.2 Å². The van der Waals surface area contributed by atoms with Crippen molar-refractivity contribution in [3.63, 3.8) is 0 Å². The molecule has 3 rings (SSSR count). The summed E-state index contributed by atoms with van der Waals surface area (Å²) < 4.78 is 5.38. The van der Waals surface area contributed by atoms with Crippen LogP contribution in [-0.2, 0) is 4.74 Å². The minimum atomic E-state index is 0.795. The molecule has 1 aromatic rings. The summed E-state index contributed by atoms with van der Waals surface area (Å²) in [6.45, 7) is 11.6. The number of ether oxygens (including phenoxy) is 1. The van der Waals surface area contributed by atoms with E-state index in [-0.39, 0.29) is 0 Å². The van der Waals surface area contributed by atoms with Crippen molar-refractivity contribution >= 4 is 34.6 Å². The summed E-state index contributed by atoms with van der Waals surface area (Å²) in [5, 5.41) is 5.08. The molecule has 0 amide bonds. The first-order valence-corrected chi connectivity index (χ1v) is 9.76. The molecule has 25 heavy (non-hydrogen) atoms. The van der Waals surface area contributed by atoms with E-state index in [1.807, 2.05) is 6.07 Å². The Morgan fingerprint density at radius 1 is 1.16 bits per heavy atom. The van der Waals surface area contributed by atoms with Gasteiger partial charge in [0.15, 0.2) is 5.11 Å². The number of morpholine rings is 1. The molecule has 1 N–H and O–H groups in total. The van der Waals surface area contributed by atoms with Crippen LogP contribution in [0.5, 0.6) is 0 Å². The van der Waals surface area contributed by atoms with E-state index < -0.39 is 0 Å². The summed E-state index contributed by atoms with van der Waals surface area (Å²) in [5.74, 6) is 0. The van der Waals surface area contributed by atoms with Gasteiger partial charge in [-0.3, -0.25) is 4.90 Å². The highest BCUT2D eigenvalue weighted by Gasteiger charge is 2.20. The first-order valence-electron chi connectivity index (χ1n) is 8.97. The number of thiocarbonyl (C=S) groups is 1. The van der Waals surface area contributed by atoms with E-state index in [4.69, 9.17) is 28.6 Å². The van der Waals surface area contributed by atoms with Gasteiger partial charge < -0.3 is 19.9 Å². The maximum absolute atomic E-state index is 6.16. The number of hydrogen-bond donors (Lipinski definition) is 1. The van der Waals surface area contributed by atoms with Crippen LogP contribution in [0.3, 0.4) is 0 Å². The summed E-state index contributed by atoms with van der Waals surface area (Å²) in [6, 6.07) is 6.09. The van der Waals surface area contributed by atoms with Gasteiger partial charge in [-0.1, -0.05) is 17.7 Å². The minimum absolute atomic E-state index is 0.795. The number of halogens is 1. The molecule has 138 valence electrons. The van der Waals surface area contributed by atoms with Gasteiger partial charge in [0.2, 0.25) is 0 Å². The minimum Gasteiger partial charge on any atom is -0.379 e. The third-order valence-electron chi connectivity index (χ3n) is 4.89. The Morgan fingerprint density at radius 2 is 1.88 bits per heavy atom. The van der Waals surface area contributed by atoms with Gasteiger partial charge >= 0.3 is 0 Å². The van der Waals surface area contributed by atoms with Crippen LogP contribution in [0.1, 0.15) is 5.56 Å². The summed E-state index contributed by atoms with van der Waals surface area (Å²) in [6.07, 6.45) is 0. The average Bonchev–Trinajstić information content (AvgIpc) is 2.65. The molecular formula is C18H27ClN4OS. The van der Waals surface area contributed by atoms with E-state index in [1.165, 1.54) is 11.3 Å². The van der Waals surface area contributed by atoms with Crippen molar-refractivity contribution in [3.05, 3.63) is 28.8 Å². The fraction of sp³-hybridized carbons (Fsp3) is 0.611. The van der Waals surface area contributed by atoms with Crippen LogP contribution in [0.4, 0.5) is 5.69 Å². The molecule has 2 aliphatic heterocycles. The average molecular weight is 383 g/mol. The Balaban J connectivity index is 1.42. The van der Waals surface area contributed by atoms with Crippen LogP contribution in [0.25, 0.3) is 0 Å². The van der Waals surface area contributed by atoms with Gasteiger partial charge in [-0.05, 0) is 36.8 Å². The predicted octanol–water partition coefficient (Wildman–Crippen LogP) is 1.98. The molecule has 0 radical (unpaired) electrons. The molecule has 2 fully saturated rings. The molecule has 0 aromatic heterocycles. The van der Waals surface area contributed by atoms with Crippen molar-refractivity contribution in [1.29, 1.82) is 0 Å². The van der Waals surface area contributed by atoms with Crippen LogP contribution in [0, 0.1) is 6.92 Å². The molecule has 0 saturated carbocycles. The van der Waals surface area contributed by atoms with Crippen LogP contribution in [0.15, 0.2) is 18.2 Å². The third kappa shape index (κ3) is 5.20. The van der Waals surface area contributed by atoms with Crippen molar-refractivity contribution < 1.29 is 4.74 Å². The van der Waals surface area contributed by atoms with Gasteiger partial charge in [0.25, 0.3) is 0 Å². The number of benzene rings is 1. The summed E-state index contributed by atoms with van der Waals surface area (Å²) in [7, 11) is 0. The van der Waals surface area contributed by atoms with Gasteiger partial charge in [-0.2, -0.15) is 0 Å². The Morgan fingerprint density at radius 3 is 2.60 bits per heavy atom. The molecule has 2 aliphatic rings. The van der Waals surface area contributed by atoms with Crippen molar-refractivity contribution in [3.8, 4) is 0 Å². The highest BCUT2D eigenvalue weighted by atomic mass is 35.5. The number of nitrogens with zero attached hydrogens (tertiary/aromatic N) is 3. The SMILES string of the molecule is Cc1ccc(Cl)cc1N1CCN(C(=S)NCCN2CCOCC2)CC1. The lowest BCUT2D eigenvalue weighted by molar-refractivity contribution is 0.0388. The number of nitrogens with one attached hydrogen (secondary N) is 1. The van der Waals surface area contributed by atoms with E-state index in [1.54, 1.807) is 0 Å². The normalized spacial score (nSPS) is 19.1. The van der Waals surface area contributed by atoms with E-state index in [9.17, 15) is 0 Å². The lowest BCUT2D eigenvalue weighted by Gasteiger charge is -2.38. The largest absolute Gasteiger partial charge is 0.379 e. The second-order valence-corrected chi connectivity index (χ2v) is 7.41. The van der Waals surface area contributed by atoms with Crippen LogP contribution in [0.2, 0.25) is 5.02 Å². The second kappa shape index (κ2) is 9.03. The summed E-state index contributed by atoms with van der Waals surface area (Å²) >= 11 is 11.7. The van der Waals surface area contributed by atoms with Gasteiger partial charge in [0, 0.05) is 63.1 Å².